The van der Waals surface area contributed by atoms with Gasteiger partial charge in [0.05, 0.1) is 39.3 Å². The lowest BCUT2D eigenvalue weighted by molar-refractivity contribution is 0.397. The third-order valence-electron chi connectivity index (χ3n) is 31.2. The maximum Gasteiger partial charge on any atom is 0.152 e. The number of hydrogen-bond acceptors (Lipinski definition) is 5. The van der Waals surface area contributed by atoms with Crippen molar-refractivity contribution in [2.24, 2.45) is 0 Å². The Kier molecular flexibility index (Phi) is 24.7. The molecule has 0 spiro atoms. The Morgan fingerprint density at radius 3 is 0.862 bits per heavy atom. The maximum atomic E-state index is 7.49. The number of nitrogens with zero attached hydrogens (tertiary/aromatic N) is 3. The first-order valence-corrected chi connectivity index (χ1v) is 51.4. The molecule has 4 nitrogen and oxygen atoms in total. The van der Waals surface area contributed by atoms with E-state index in [-0.39, 0.29) is 5.41 Å². The zero-order chi connectivity index (χ0) is 94.7. The number of anilines is 3. The number of benzene rings is 17. The average Bonchev–Trinajstić information content (AvgIpc) is 1.55. The van der Waals surface area contributed by atoms with Gasteiger partial charge in [0.25, 0.3) is 0 Å². The van der Waals surface area contributed by atoms with Crippen LogP contribution in [-0.2, 0) is 21.7 Å². The molecule has 1 aromatic heterocycles. The highest BCUT2D eigenvalue weighted by atomic mass is 32.1. The summed E-state index contributed by atoms with van der Waals surface area (Å²) in [6.07, 6.45) is 19.2. The van der Waals surface area contributed by atoms with E-state index in [2.05, 4.69) is 456 Å². The van der Waals surface area contributed by atoms with Gasteiger partial charge in [-0.2, -0.15) is 8.75 Å². The molecule has 138 heavy (non-hydrogen) atoms. The molecule has 0 atom stereocenters. The van der Waals surface area contributed by atoms with Crippen LogP contribution in [0.5, 0.6) is 11.5 Å². The van der Waals surface area contributed by atoms with Crippen molar-refractivity contribution in [3.05, 3.63) is 491 Å². The maximum absolute atomic E-state index is 7.49. The van der Waals surface area contributed by atoms with E-state index in [0.29, 0.717) is 0 Å². The van der Waals surface area contributed by atoms with Crippen LogP contribution in [0.2, 0.25) is 0 Å². The molecule has 17 aromatic carbocycles. The van der Waals surface area contributed by atoms with Gasteiger partial charge in [0.1, 0.15) is 11.0 Å². The van der Waals surface area contributed by atoms with Crippen LogP contribution in [0.3, 0.4) is 0 Å². The fourth-order valence-corrected chi connectivity index (χ4v) is 24.7. The molecule has 5 heteroatoms. The summed E-state index contributed by atoms with van der Waals surface area (Å²) in [4.78, 5) is 2.42. The van der Waals surface area contributed by atoms with Gasteiger partial charge in [0.15, 0.2) is 11.5 Å². The third-order valence-corrected chi connectivity index (χ3v) is 31.7. The van der Waals surface area contributed by atoms with Crippen molar-refractivity contribution in [2.75, 3.05) is 4.90 Å². The van der Waals surface area contributed by atoms with E-state index in [1.807, 2.05) is 0 Å². The van der Waals surface area contributed by atoms with Crippen LogP contribution in [0, 0.1) is 76.2 Å². The molecule has 0 bridgehead atoms. The van der Waals surface area contributed by atoms with Gasteiger partial charge < -0.3 is 9.64 Å². The number of fused-ring (bicyclic) bond motifs is 15. The first-order valence-electron chi connectivity index (χ1n) is 50.7. The van der Waals surface area contributed by atoms with Crippen molar-refractivity contribution in [1.29, 1.82) is 0 Å². The van der Waals surface area contributed by atoms with Crippen molar-refractivity contribution < 1.29 is 4.74 Å². The van der Waals surface area contributed by atoms with Gasteiger partial charge in [-0.1, -0.05) is 444 Å². The highest BCUT2D eigenvalue weighted by Gasteiger charge is 2.51. The van der Waals surface area contributed by atoms with E-state index >= 15 is 0 Å². The summed E-state index contributed by atoms with van der Waals surface area (Å²) in [5.41, 5.74) is 51.2. The van der Waals surface area contributed by atoms with E-state index < -0.39 is 16.2 Å². The second kappa shape index (κ2) is 37.6. The molecule has 18 aromatic rings. The zero-order valence-corrected chi connectivity index (χ0v) is 83.4. The van der Waals surface area contributed by atoms with Crippen LogP contribution < -0.4 is 9.64 Å². The Balaban J connectivity index is 0.000000222. The third kappa shape index (κ3) is 15.8. The molecule has 0 saturated heterocycles. The van der Waals surface area contributed by atoms with Gasteiger partial charge in [-0.05, 0) is 293 Å². The predicted octanol–water partition coefficient (Wildman–Crippen LogP) is 36.2. The summed E-state index contributed by atoms with van der Waals surface area (Å²) < 4.78 is 15.9. The summed E-state index contributed by atoms with van der Waals surface area (Å²) in [5, 5.41) is 0. The van der Waals surface area contributed by atoms with Gasteiger partial charge in [-0.15, -0.1) is 0 Å². The summed E-state index contributed by atoms with van der Waals surface area (Å²) in [6.45, 7) is 28.6. The monoisotopic (exact) mass is 1810 g/mol. The normalized spacial score (nSPS) is 13.9. The molecule has 0 amide bonds. The van der Waals surface area contributed by atoms with Crippen LogP contribution in [0.25, 0.3) is 77.8 Å². The van der Waals surface area contributed by atoms with Gasteiger partial charge in [0.2, 0.25) is 0 Å². The van der Waals surface area contributed by atoms with E-state index in [9.17, 15) is 0 Å². The topological polar surface area (TPSA) is 38.2 Å². The van der Waals surface area contributed by atoms with Crippen LogP contribution in [0.4, 0.5) is 17.1 Å². The lowest BCUT2D eigenvalue weighted by Crippen LogP contribution is -2.29. The molecular weight excluding hydrogens is 1690 g/mol. The number of aromatic nitrogens is 2. The van der Waals surface area contributed by atoms with E-state index in [4.69, 9.17) is 4.74 Å². The summed E-state index contributed by atoms with van der Waals surface area (Å²) >= 11 is 1.28. The van der Waals surface area contributed by atoms with Crippen molar-refractivity contribution in [3.63, 3.8) is 0 Å². The Bertz CT molecular complexity index is 7120. The molecule has 0 radical (unpaired) electrons. The van der Waals surface area contributed by atoms with Crippen molar-refractivity contribution >= 4 is 39.8 Å². The Morgan fingerprint density at radius 2 is 0.507 bits per heavy atom. The molecule has 2 heterocycles. The minimum absolute atomic E-state index is 0.234. The van der Waals surface area contributed by atoms with Crippen LogP contribution in [-0.4, -0.2) is 8.75 Å². The average molecular weight is 1810 g/mol. The standard InChI is InChI=1S/C94H71NO.C31H46.C8H8N2S/c1-58-16-32-69(33-17-58)92(70-34-18-59(2)19-35-70)82-14-10-8-12-76(82)80-48-28-65(54-86(80)92)67-30-50-88-90(56-67)96-91-57-68(66-29-49-81-77-13-9-11-15-83(77)93(87(81)55-66,71-36-20-60(3)21-37-71)72-38-22-61(4)23-39-72)31-51-89(91)95(88)75-44-42-74(43-45-75)94(73-40-24-62(5)25-41-73)84-52-63(6)26-46-78(84)79-47-27-64(7)53-85(79)94;1-5-7-9-11-13-15-21-31(22-16-14-12-10-8-6-2)29-23-25(3)17-19-27(29)28-20-18-26(4)24-30(28)31;1-5-3-4-6(2)8-7(5)9-11-10-8/h8-57H,1-7H3;17-20,23-24H,5-16,21-22H2,1-4H3;3-4H,1-2H3. The SMILES string of the molecule is CCCCCCCCC1(CCCCCCCC)c2cc(C)ccc2-c2ccc(C)cc21.Cc1ccc(C)c2nsnc12.Cc1ccc(C2(c3ccc(N4c5ccc(-c6ccc7c(c6)C(c6ccc(C)cc6)(c6ccc(C)cc6)c6ccccc6-7)cc5Oc5cc(-c6ccc7c(c6)C(c6ccc(C)cc6)(c6ccc(C)cc6)c6ccccc6-7)ccc54)cc3)c3cc(C)ccc3-c3ccc(C)cc32)cc1. The molecule has 5 aliphatic rings. The summed E-state index contributed by atoms with van der Waals surface area (Å²) in [6, 6.07) is 134. The first kappa shape index (κ1) is 90.6. The van der Waals surface area contributed by atoms with Crippen molar-refractivity contribution in [1.82, 2.24) is 8.75 Å². The molecule has 23 rings (SSSR count). The minimum atomic E-state index is -0.555. The Morgan fingerprint density at radius 1 is 0.239 bits per heavy atom. The molecule has 0 N–H and O–H groups in total. The van der Waals surface area contributed by atoms with Crippen molar-refractivity contribution in [3.8, 4) is 78.3 Å². The first-order chi connectivity index (χ1) is 67.3. The lowest BCUT2D eigenvalue weighted by atomic mass is 9.67. The number of ether oxygens (including phenoxy) is 1. The molecule has 684 valence electrons. The van der Waals surface area contributed by atoms with E-state index in [1.165, 1.54) is 274 Å². The largest absolute Gasteiger partial charge is 0.453 e. The fraction of sp³-hybridized carbons (Fsp3) is 0.233. The van der Waals surface area contributed by atoms with Gasteiger partial charge in [0, 0.05) is 11.1 Å². The molecule has 4 aliphatic carbocycles. The fourth-order valence-electron chi connectivity index (χ4n) is 24.1. The van der Waals surface area contributed by atoms with E-state index in [0.717, 1.165) is 61.8 Å². The zero-order valence-electron chi connectivity index (χ0n) is 82.5. The number of aryl methyl sites for hydroxylation is 11. The van der Waals surface area contributed by atoms with Crippen LogP contribution in [0.1, 0.15) is 243 Å². The second-order valence-corrected chi connectivity index (χ2v) is 41.0. The van der Waals surface area contributed by atoms with E-state index in [1.54, 1.807) is 11.1 Å². The predicted molar refractivity (Wildman–Crippen MR) is 582 cm³/mol. The van der Waals surface area contributed by atoms with Crippen LogP contribution in [0.15, 0.2) is 352 Å². The molecule has 1 aliphatic heterocycles. The number of hydrogen-bond donors (Lipinski definition) is 0. The number of rotatable bonds is 23. The van der Waals surface area contributed by atoms with Gasteiger partial charge in [-0.25, -0.2) is 0 Å². The molecular formula is C133H125N3OS. The minimum Gasteiger partial charge on any atom is -0.453 e. The smallest absolute Gasteiger partial charge is 0.152 e. The lowest BCUT2D eigenvalue weighted by Gasteiger charge is -2.36. The molecule has 0 fully saturated rings. The Labute approximate surface area is 823 Å². The quantitative estimate of drug-likeness (QED) is 0.0598. The highest BCUT2D eigenvalue weighted by molar-refractivity contribution is 7.00. The summed E-state index contributed by atoms with van der Waals surface area (Å²) in [5.74, 6) is 1.58. The van der Waals surface area contributed by atoms with Crippen molar-refractivity contribution in [2.45, 2.75) is 202 Å². The summed E-state index contributed by atoms with van der Waals surface area (Å²) in [7, 11) is 0. The van der Waals surface area contributed by atoms with Gasteiger partial charge in [-0.3, -0.25) is 0 Å². The molecule has 0 unspecified atom stereocenters. The van der Waals surface area contributed by atoms with Crippen LogP contribution >= 0.6 is 11.7 Å². The number of unbranched alkanes of at least 4 members (excludes halogenated alkanes) is 10. The highest BCUT2D eigenvalue weighted by Crippen LogP contribution is 2.63. The molecule has 0 saturated carbocycles. The Hall–Kier alpha value is -13.8. The van der Waals surface area contributed by atoms with Gasteiger partial charge >= 0.3 is 0 Å². The second-order valence-electron chi connectivity index (χ2n) is 40.5.